The second-order valence-electron chi connectivity index (χ2n) is 4.31. The van der Waals surface area contributed by atoms with Crippen LogP contribution in [0.15, 0.2) is 42.5 Å². The standard InChI is InChI=1S/C15H11FINO4/c16-13-11(17)6-10(14(19)20)7-12(13)18-15(21)22-8-9-4-2-1-3-5-9/h1-7H,8H2,(H,18,21)(H,19,20). The molecule has 0 atom stereocenters. The molecule has 1 amide bonds. The highest BCUT2D eigenvalue weighted by Crippen LogP contribution is 2.23. The van der Waals surface area contributed by atoms with Crippen LogP contribution in [0, 0.1) is 9.39 Å². The number of carboxylic acids is 1. The molecular formula is C15H11FINO4. The summed E-state index contributed by atoms with van der Waals surface area (Å²) < 4.78 is 19.0. The lowest BCUT2D eigenvalue weighted by molar-refractivity contribution is 0.0696. The molecule has 2 aromatic rings. The van der Waals surface area contributed by atoms with Crippen molar-refractivity contribution in [2.24, 2.45) is 0 Å². The third-order valence-electron chi connectivity index (χ3n) is 2.72. The lowest BCUT2D eigenvalue weighted by Gasteiger charge is -2.09. The van der Waals surface area contributed by atoms with Crippen LogP contribution in [-0.4, -0.2) is 17.2 Å². The van der Waals surface area contributed by atoms with Crippen LogP contribution in [0.25, 0.3) is 0 Å². The van der Waals surface area contributed by atoms with Crippen LogP contribution < -0.4 is 5.32 Å². The fourth-order valence-corrected chi connectivity index (χ4v) is 2.30. The monoisotopic (exact) mass is 415 g/mol. The molecule has 0 saturated carbocycles. The normalized spacial score (nSPS) is 10.1. The van der Waals surface area contributed by atoms with Gasteiger partial charge in [-0.2, -0.15) is 0 Å². The van der Waals surface area contributed by atoms with Crippen molar-refractivity contribution in [2.45, 2.75) is 6.61 Å². The van der Waals surface area contributed by atoms with Crippen LogP contribution in [0.1, 0.15) is 15.9 Å². The minimum atomic E-state index is -1.21. The number of hydrogen-bond acceptors (Lipinski definition) is 3. The summed E-state index contributed by atoms with van der Waals surface area (Å²) in [7, 11) is 0. The van der Waals surface area contributed by atoms with Crippen molar-refractivity contribution in [1.82, 2.24) is 0 Å². The van der Waals surface area contributed by atoms with Crippen LogP contribution in [0.4, 0.5) is 14.9 Å². The highest BCUT2D eigenvalue weighted by atomic mass is 127. The predicted octanol–water partition coefficient (Wildman–Crippen LogP) is 3.88. The van der Waals surface area contributed by atoms with Crippen LogP contribution in [-0.2, 0) is 11.3 Å². The number of rotatable bonds is 4. The number of anilines is 1. The third-order valence-corrected chi connectivity index (χ3v) is 3.51. The first-order chi connectivity index (χ1) is 10.5. The van der Waals surface area contributed by atoms with E-state index in [1.54, 1.807) is 46.9 Å². The number of benzene rings is 2. The predicted molar refractivity (Wildman–Crippen MR) is 86.3 cm³/mol. The number of carboxylic acid groups (broad SMARTS) is 1. The summed E-state index contributed by atoms with van der Waals surface area (Å²) in [6.45, 7) is 0.0318. The van der Waals surface area contributed by atoms with Crippen LogP contribution in [0.3, 0.4) is 0 Å². The number of carbonyl (C=O) groups excluding carboxylic acids is 1. The van der Waals surface area contributed by atoms with Crippen molar-refractivity contribution in [1.29, 1.82) is 0 Å². The van der Waals surface area contributed by atoms with E-state index in [0.717, 1.165) is 11.6 Å². The Morgan fingerprint density at radius 1 is 1.23 bits per heavy atom. The highest BCUT2D eigenvalue weighted by Gasteiger charge is 2.15. The molecule has 7 heteroatoms. The topological polar surface area (TPSA) is 75.6 Å². The summed E-state index contributed by atoms with van der Waals surface area (Å²) in [5.41, 5.74) is 0.429. The summed E-state index contributed by atoms with van der Waals surface area (Å²) >= 11 is 1.66. The minimum absolute atomic E-state index is 0.0318. The van der Waals surface area contributed by atoms with Gasteiger partial charge in [-0.15, -0.1) is 0 Å². The van der Waals surface area contributed by atoms with Gasteiger partial charge in [-0.25, -0.2) is 14.0 Å². The van der Waals surface area contributed by atoms with Gasteiger partial charge in [-0.05, 0) is 40.3 Å². The number of carbonyl (C=O) groups is 2. The average Bonchev–Trinajstić information content (AvgIpc) is 2.50. The molecule has 0 fully saturated rings. The summed E-state index contributed by atoms with van der Waals surface area (Å²) in [6, 6.07) is 11.2. The summed E-state index contributed by atoms with van der Waals surface area (Å²) in [6.07, 6.45) is -0.860. The number of amides is 1. The smallest absolute Gasteiger partial charge is 0.412 e. The largest absolute Gasteiger partial charge is 0.478 e. The van der Waals surface area contributed by atoms with Gasteiger partial charge in [0.2, 0.25) is 0 Å². The van der Waals surface area contributed by atoms with Crippen molar-refractivity contribution in [3.8, 4) is 0 Å². The summed E-state index contributed by atoms with van der Waals surface area (Å²) in [5.74, 6) is -1.92. The Hall–Kier alpha value is -2.16. The molecule has 2 N–H and O–H groups in total. The molecule has 0 bridgehead atoms. The number of halogens is 2. The van der Waals surface area contributed by atoms with Crippen molar-refractivity contribution in [3.05, 3.63) is 63.0 Å². The van der Waals surface area contributed by atoms with Crippen LogP contribution in [0.5, 0.6) is 0 Å². The van der Waals surface area contributed by atoms with Crippen molar-refractivity contribution in [2.75, 3.05) is 5.32 Å². The van der Waals surface area contributed by atoms with Gasteiger partial charge < -0.3 is 9.84 Å². The molecule has 22 heavy (non-hydrogen) atoms. The fourth-order valence-electron chi connectivity index (χ4n) is 1.67. The third kappa shape index (κ3) is 4.17. The van der Waals surface area contributed by atoms with Gasteiger partial charge in [-0.3, -0.25) is 5.32 Å². The summed E-state index contributed by atoms with van der Waals surface area (Å²) in [5, 5.41) is 11.2. The van der Waals surface area contributed by atoms with E-state index in [9.17, 15) is 14.0 Å². The van der Waals surface area contributed by atoms with E-state index in [-0.39, 0.29) is 21.4 Å². The van der Waals surface area contributed by atoms with E-state index in [1.807, 2.05) is 6.07 Å². The van der Waals surface area contributed by atoms with Gasteiger partial charge in [0, 0.05) is 0 Å². The molecule has 114 valence electrons. The van der Waals surface area contributed by atoms with E-state index in [0.29, 0.717) is 0 Å². The molecule has 0 unspecified atom stereocenters. The van der Waals surface area contributed by atoms with E-state index in [4.69, 9.17) is 9.84 Å². The van der Waals surface area contributed by atoms with E-state index >= 15 is 0 Å². The van der Waals surface area contributed by atoms with Crippen LogP contribution in [0.2, 0.25) is 0 Å². The maximum atomic E-state index is 13.9. The second kappa shape index (κ2) is 7.21. The quantitative estimate of drug-likeness (QED) is 0.744. The zero-order valence-electron chi connectivity index (χ0n) is 11.2. The molecule has 0 heterocycles. The minimum Gasteiger partial charge on any atom is -0.478 e. The molecule has 2 aromatic carbocycles. The Kier molecular flexibility index (Phi) is 5.31. The first-order valence-corrected chi connectivity index (χ1v) is 7.25. The van der Waals surface area contributed by atoms with Gasteiger partial charge in [-0.1, -0.05) is 30.3 Å². The molecule has 5 nitrogen and oxygen atoms in total. The molecular weight excluding hydrogens is 404 g/mol. The average molecular weight is 415 g/mol. The molecule has 0 spiro atoms. The van der Waals surface area contributed by atoms with Gasteiger partial charge in [0.05, 0.1) is 14.8 Å². The molecule has 0 aliphatic rings. The van der Waals surface area contributed by atoms with E-state index in [1.165, 1.54) is 6.07 Å². The van der Waals surface area contributed by atoms with Crippen molar-refractivity contribution < 1.29 is 23.8 Å². The Labute approximate surface area is 139 Å². The first-order valence-electron chi connectivity index (χ1n) is 6.17. The van der Waals surface area contributed by atoms with Crippen molar-refractivity contribution in [3.63, 3.8) is 0 Å². The maximum absolute atomic E-state index is 13.9. The zero-order valence-corrected chi connectivity index (χ0v) is 13.3. The van der Waals surface area contributed by atoms with Gasteiger partial charge in [0.25, 0.3) is 0 Å². The number of ether oxygens (including phenoxy) is 1. The van der Waals surface area contributed by atoms with Gasteiger partial charge in [0.15, 0.2) is 5.82 Å². The highest BCUT2D eigenvalue weighted by molar-refractivity contribution is 14.1. The summed E-state index contributed by atoms with van der Waals surface area (Å²) in [4.78, 5) is 22.6. The van der Waals surface area contributed by atoms with E-state index in [2.05, 4.69) is 5.32 Å². The Morgan fingerprint density at radius 3 is 2.55 bits per heavy atom. The molecule has 0 saturated heterocycles. The Bertz CT molecular complexity index is 706. The molecule has 0 aliphatic heterocycles. The Balaban J connectivity index is 2.06. The van der Waals surface area contributed by atoms with Crippen molar-refractivity contribution >= 4 is 40.3 Å². The number of aromatic carboxylic acids is 1. The van der Waals surface area contributed by atoms with E-state index < -0.39 is 17.9 Å². The van der Waals surface area contributed by atoms with Gasteiger partial charge in [0.1, 0.15) is 6.61 Å². The lowest BCUT2D eigenvalue weighted by Crippen LogP contribution is -2.15. The first kappa shape index (κ1) is 16.2. The molecule has 0 aromatic heterocycles. The number of nitrogens with one attached hydrogen (secondary N) is 1. The maximum Gasteiger partial charge on any atom is 0.412 e. The molecule has 0 radical (unpaired) electrons. The molecule has 0 aliphatic carbocycles. The molecule has 2 rings (SSSR count). The second-order valence-corrected chi connectivity index (χ2v) is 5.47. The Morgan fingerprint density at radius 2 is 1.91 bits per heavy atom. The SMILES string of the molecule is O=C(Nc1cc(C(=O)O)cc(I)c1F)OCc1ccccc1. The van der Waals surface area contributed by atoms with Crippen LogP contribution >= 0.6 is 22.6 Å². The fraction of sp³-hybridized carbons (Fsp3) is 0.0667. The number of hydrogen-bond donors (Lipinski definition) is 2. The zero-order chi connectivity index (χ0) is 16.1. The lowest BCUT2D eigenvalue weighted by atomic mass is 10.2. The van der Waals surface area contributed by atoms with Gasteiger partial charge >= 0.3 is 12.1 Å².